The van der Waals surface area contributed by atoms with Gasteiger partial charge in [0.15, 0.2) is 0 Å². The monoisotopic (exact) mass is 397 g/mol. The Hall–Kier alpha value is 0.0900. The molecule has 0 spiro atoms. The topological polar surface area (TPSA) is 46.2 Å². The van der Waals surface area contributed by atoms with Crippen molar-refractivity contribution in [2.75, 3.05) is 11.9 Å². The highest BCUT2D eigenvalue weighted by molar-refractivity contribution is 9.10. The van der Waals surface area contributed by atoms with Gasteiger partial charge in [-0.15, -0.1) is 0 Å². The molecule has 0 aliphatic rings. The van der Waals surface area contributed by atoms with Crippen LogP contribution in [-0.4, -0.2) is 20.3 Å². The molecule has 1 N–H and O–H groups in total. The summed E-state index contributed by atoms with van der Waals surface area (Å²) in [5.74, 6) is 0.571. The summed E-state index contributed by atoms with van der Waals surface area (Å²) in [6.45, 7) is 2.62. The van der Waals surface area contributed by atoms with Gasteiger partial charge in [0.1, 0.15) is 0 Å². The van der Waals surface area contributed by atoms with E-state index in [2.05, 4.69) is 43.5 Å². The minimum Gasteiger partial charge on any atom is -0.211 e. The largest absolute Gasteiger partial charge is 0.240 e. The van der Waals surface area contributed by atoms with E-state index in [4.69, 9.17) is 0 Å². The van der Waals surface area contributed by atoms with Gasteiger partial charge in [-0.1, -0.05) is 38.8 Å². The van der Waals surface area contributed by atoms with E-state index in [-0.39, 0.29) is 0 Å². The lowest BCUT2D eigenvalue weighted by atomic mass is 10.1. The average molecular weight is 399 g/mol. The van der Waals surface area contributed by atoms with E-state index in [1.54, 1.807) is 24.3 Å². The Labute approximate surface area is 126 Å². The highest BCUT2D eigenvalue weighted by atomic mass is 79.9. The molecule has 1 aromatic carbocycles. The van der Waals surface area contributed by atoms with Gasteiger partial charge in [0.2, 0.25) is 10.0 Å². The molecule has 1 atom stereocenters. The molecule has 0 aromatic heterocycles. The molecule has 0 aliphatic carbocycles. The van der Waals surface area contributed by atoms with Crippen molar-refractivity contribution in [3.8, 4) is 0 Å². The van der Waals surface area contributed by atoms with Gasteiger partial charge < -0.3 is 0 Å². The minimum absolute atomic E-state index is 0.305. The van der Waals surface area contributed by atoms with Crippen molar-refractivity contribution in [3.05, 3.63) is 28.7 Å². The second-order valence-corrected chi connectivity index (χ2v) is 7.58. The molecule has 0 heterocycles. The molecule has 0 saturated carbocycles. The molecule has 1 rings (SSSR count). The standard InChI is InChI=1S/C12H17Br2NO2S/c1-10(9-13)3-2-8-15-18(16,17)12-6-4-11(14)5-7-12/h4-7,10,15H,2-3,8-9H2,1H3. The number of alkyl halides is 1. The number of hydrogen-bond donors (Lipinski definition) is 1. The minimum atomic E-state index is -3.36. The fourth-order valence-corrected chi connectivity index (χ4v) is 3.09. The van der Waals surface area contributed by atoms with Crippen LogP contribution in [0, 0.1) is 5.92 Å². The Kier molecular flexibility index (Phi) is 6.84. The molecule has 1 aromatic rings. The predicted molar refractivity (Wildman–Crippen MR) is 81.5 cm³/mol. The van der Waals surface area contributed by atoms with Crippen molar-refractivity contribution in [1.82, 2.24) is 4.72 Å². The quantitative estimate of drug-likeness (QED) is 0.563. The maximum atomic E-state index is 11.9. The van der Waals surface area contributed by atoms with Crippen molar-refractivity contribution < 1.29 is 8.42 Å². The second-order valence-electron chi connectivity index (χ2n) is 4.25. The summed E-state index contributed by atoms with van der Waals surface area (Å²) in [6, 6.07) is 6.63. The zero-order chi connectivity index (χ0) is 13.6. The number of nitrogens with one attached hydrogen (secondary N) is 1. The van der Waals surface area contributed by atoms with Gasteiger partial charge in [0, 0.05) is 16.3 Å². The first-order chi connectivity index (χ1) is 8.45. The number of sulfonamides is 1. The molecule has 3 nitrogen and oxygen atoms in total. The molecule has 1 unspecified atom stereocenters. The molecule has 102 valence electrons. The zero-order valence-electron chi connectivity index (χ0n) is 10.2. The molecule has 0 fully saturated rings. The first-order valence-electron chi connectivity index (χ1n) is 5.77. The van der Waals surface area contributed by atoms with Gasteiger partial charge in [-0.2, -0.15) is 0 Å². The van der Waals surface area contributed by atoms with Crippen molar-refractivity contribution in [2.45, 2.75) is 24.7 Å². The van der Waals surface area contributed by atoms with E-state index in [1.807, 2.05) is 0 Å². The molecule has 0 amide bonds. The molecule has 18 heavy (non-hydrogen) atoms. The number of halogens is 2. The van der Waals surface area contributed by atoms with E-state index < -0.39 is 10.0 Å². The van der Waals surface area contributed by atoms with E-state index in [9.17, 15) is 8.42 Å². The second kappa shape index (κ2) is 7.62. The van der Waals surface area contributed by atoms with Crippen LogP contribution in [0.1, 0.15) is 19.8 Å². The van der Waals surface area contributed by atoms with Crippen LogP contribution in [0.3, 0.4) is 0 Å². The van der Waals surface area contributed by atoms with Crippen LogP contribution in [-0.2, 0) is 10.0 Å². The van der Waals surface area contributed by atoms with Gasteiger partial charge in [0.05, 0.1) is 4.90 Å². The highest BCUT2D eigenvalue weighted by Crippen LogP contribution is 2.14. The molecule has 0 bridgehead atoms. The number of rotatable bonds is 7. The SMILES string of the molecule is CC(CBr)CCCNS(=O)(=O)c1ccc(Br)cc1. The van der Waals surface area contributed by atoms with Crippen LogP contribution in [0.4, 0.5) is 0 Å². The summed E-state index contributed by atoms with van der Waals surface area (Å²) >= 11 is 6.69. The van der Waals surface area contributed by atoms with E-state index >= 15 is 0 Å². The van der Waals surface area contributed by atoms with Crippen LogP contribution in [0.15, 0.2) is 33.6 Å². The van der Waals surface area contributed by atoms with E-state index in [0.717, 1.165) is 22.6 Å². The van der Waals surface area contributed by atoms with Gasteiger partial charge in [-0.3, -0.25) is 0 Å². The molecule has 0 radical (unpaired) electrons. The van der Waals surface area contributed by atoms with Crippen LogP contribution in [0.5, 0.6) is 0 Å². The van der Waals surface area contributed by atoms with Crippen LogP contribution in [0.2, 0.25) is 0 Å². The predicted octanol–water partition coefficient (Wildman–Crippen LogP) is 3.54. The Balaban J connectivity index is 2.48. The fraction of sp³-hybridized carbons (Fsp3) is 0.500. The maximum Gasteiger partial charge on any atom is 0.240 e. The molecule has 0 aliphatic heterocycles. The van der Waals surface area contributed by atoms with Crippen molar-refractivity contribution in [3.63, 3.8) is 0 Å². The molecule has 0 saturated heterocycles. The summed E-state index contributed by atoms with van der Waals surface area (Å²) in [7, 11) is -3.36. The molecule has 6 heteroatoms. The van der Waals surface area contributed by atoms with Gasteiger partial charge in [-0.25, -0.2) is 13.1 Å². The van der Waals surface area contributed by atoms with Crippen molar-refractivity contribution in [2.24, 2.45) is 5.92 Å². The van der Waals surface area contributed by atoms with Crippen LogP contribution >= 0.6 is 31.9 Å². The maximum absolute atomic E-state index is 11.9. The Morgan fingerprint density at radius 1 is 1.28 bits per heavy atom. The van der Waals surface area contributed by atoms with Crippen molar-refractivity contribution >= 4 is 41.9 Å². The molecular formula is C12H17Br2NO2S. The lowest BCUT2D eigenvalue weighted by Crippen LogP contribution is -2.25. The van der Waals surface area contributed by atoms with E-state index in [1.165, 1.54) is 0 Å². The van der Waals surface area contributed by atoms with Gasteiger partial charge in [0.25, 0.3) is 0 Å². The summed E-state index contributed by atoms with van der Waals surface area (Å²) in [4.78, 5) is 0.305. The Morgan fingerprint density at radius 2 is 1.89 bits per heavy atom. The van der Waals surface area contributed by atoms with Crippen molar-refractivity contribution in [1.29, 1.82) is 0 Å². The Bertz CT molecular complexity index is 459. The average Bonchev–Trinajstić information content (AvgIpc) is 2.35. The normalized spacial score (nSPS) is 13.5. The van der Waals surface area contributed by atoms with Gasteiger partial charge in [-0.05, 0) is 43.0 Å². The smallest absolute Gasteiger partial charge is 0.211 e. The third-order valence-corrected chi connectivity index (χ3v) is 5.66. The number of benzene rings is 1. The summed E-state index contributed by atoms with van der Waals surface area (Å²) in [6.07, 6.45) is 1.86. The first-order valence-corrected chi connectivity index (χ1v) is 9.16. The first kappa shape index (κ1) is 16.1. The summed E-state index contributed by atoms with van der Waals surface area (Å²) in [5, 5.41) is 0.951. The number of hydrogen-bond acceptors (Lipinski definition) is 2. The highest BCUT2D eigenvalue weighted by Gasteiger charge is 2.12. The van der Waals surface area contributed by atoms with Gasteiger partial charge >= 0.3 is 0 Å². The fourth-order valence-electron chi connectivity index (χ4n) is 1.43. The van der Waals surface area contributed by atoms with E-state index in [0.29, 0.717) is 17.4 Å². The lowest BCUT2D eigenvalue weighted by Gasteiger charge is -2.09. The Morgan fingerprint density at radius 3 is 2.44 bits per heavy atom. The molecular weight excluding hydrogens is 382 g/mol. The third-order valence-electron chi connectivity index (χ3n) is 2.55. The third kappa shape index (κ3) is 5.38. The van der Waals surface area contributed by atoms with Crippen LogP contribution in [0.25, 0.3) is 0 Å². The lowest BCUT2D eigenvalue weighted by molar-refractivity contribution is 0.546. The van der Waals surface area contributed by atoms with Crippen LogP contribution < -0.4 is 4.72 Å². The summed E-state index contributed by atoms with van der Waals surface area (Å²) < 4.78 is 27.3. The zero-order valence-corrected chi connectivity index (χ0v) is 14.2. The summed E-state index contributed by atoms with van der Waals surface area (Å²) in [5.41, 5.74) is 0.